The van der Waals surface area contributed by atoms with Gasteiger partial charge < -0.3 is 10.6 Å². The number of likely N-dealkylation sites (N-methyl/N-ethyl adjacent to an activating group) is 1. The maximum atomic E-state index is 12.1. The lowest BCUT2D eigenvalue weighted by molar-refractivity contribution is -0.124. The van der Waals surface area contributed by atoms with Crippen molar-refractivity contribution in [2.24, 2.45) is 13.0 Å². The Morgan fingerprint density at radius 3 is 2.39 bits per heavy atom. The van der Waals surface area contributed by atoms with Crippen molar-refractivity contribution in [3.05, 3.63) is 18.0 Å². The third kappa shape index (κ3) is 4.31. The van der Waals surface area contributed by atoms with Crippen molar-refractivity contribution in [3.63, 3.8) is 0 Å². The Morgan fingerprint density at radius 2 is 2.00 bits per heavy atom. The Labute approximate surface area is 115 Å². The van der Waals surface area contributed by atoms with Crippen molar-refractivity contribution in [1.29, 1.82) is 0 Å². The Hall–Kier alpha value is -1.07. The van der Waals surface area contributed by atoms with E-state index in [1.54, 1.807) is 17.9 Å². The van der Waals surface area contributed by atoms with Gasteiger partial charge in [0.15, 0.2) is 0 Å². The molecule has 2 N–H and O–H groups in total. The molecule has 1 amide bonds. The maximum absolute atomic E-state index is 12.1. The summed E-state index contributed by atoms with van der Waals surface area (Å²) in [5.74, 6) is 0.409. The Morgan fingerprint density at radius 1 is 1.39 bits per heavy atom. The molecule has 0 aliphatic heterocycles. The summed E-state index contributed by atoms with van der Waals surface area (Å²) in [6, 6.07) is -0.181. The number of rotatable bonds is 5. The quantitative estimate of drug-likeness (QED) is 0.850. The zero-order chi connectivity index (χ0) is 13.0. The predicted octanol–water partition coefficient (Wildman–Crippen LogP) is 1.26. The van der Waals surface area contributed by atoms with E-state index < -0.39 is 0 Å². The molecule has 0 saturated carbocycles. The second kappa shape index (κ2) is 7.38. The van der Waals surface area contributed by atoms with Crippen molar-refractivity contribution in [2.75, 3.05) is 7.05 Å². The molecule has 0 fully saturated rings. The van der Waals surface area contributed by atoms with Crippen molar-refractivity contribution in [1.82, 2.24) is 20.4 Å². The molecule has 1 aromatic rings. The first-order valence-electron chi connectivity index (χ1n) is 5.92. The lowest BCUT2D eigenvalue weighted by atomic mass is 10.0. The van der Waals surface area contributed by atoms with Gasteiger partial charge in [-0.15, -0.1) is 12.4 Å². The molecular formula is C12H23ClN4O. The largest absolute Gasteiger partial charge is 0.352 e. The third-order valence-corrected chi connectivity index (χ3v) is 2.98. The summed E-state index contributed by atoms with van der Waals surface area (Å²) in [7, 11) is 3.61. The van der Waals surface area contributed by atoms with Crippen LogP contribution in [0.3, 0.4) is 0 Å². The maximum Gasteiger partial charge on any atom is 0.242 e. The minimum Gasteiger partial charge on any atom is -0.352 e. The predicted molar refractivity (Wildman–Crippen MR) is 74.7 cm³/mol. The summed E-state index contributed by atoms with van der Waals surface area (Å²) in [5.41, 5.74) is 0.878. The van der Waals surface area contributed by atoms with Gasteiger partial charge in [-0.1, -0.05) is 13.8 Å². The zero-order valence-electron chi connectivity index (χ0n) is 11.6. The number of hydrogen-bond donors (Lipinski definition) is 2. The van der Waals surface area contributed by atoms with Gasteiger partial charge in [0.25, 0.3) is 0 Å². The highest BCUT2D eigenvalue weighted by Crippen LogP contribution is 2.12. The van der Waals surface area contributed by atoms with Gasteiger partial charge in [0.1, 0.15) is 6.04 Å². The minimum absolute atomic E-state index is 0. The number of carbonyl (C=O) groups is 1. The molecule has 1 aromatic heterocycles. The first-order valence-corrected chi connectivity index (χ1v) is 5.92. The van der Waals surface area contributed by atoms with Gasteiger partial charge in [0, 0.05) is 24.8 Å². The molecule has 1 rings (SSSR count). The van der Waals surface area contributed by atoms with E-state index >= 15 is 0 Å². The molecule has 104 valence electrons. The average Bonchev–Trinajstić information content (AvgIpc) is 2.65. The van der Waals surface area contributed by atoms with E-state index in [-0.39, 0.29) is 30.4 Å². The van der Waals surface area contributed by atoms with Gasteiger partial charge in [-0.25, -0.2) is 0 Å². The van der Waals surface area contributed by atoms with Crippen LogP contribution >= 0.6 is 12.4 Å². The van der Waals surface area contributed by atoms with Gasteiger partial charge in [-0.3, -0.25) is 9.48 Å². The molecule has 0 aliphatic carbocycles. The van der Waals surface area contributed by atoms with Gasteiger partial charge in [-0.2, -0.15) is 5.10 Å². The van der Waals surface area contributed by atoms with Crippen molar-refractivity contribution in [3.8, 4) is 0 Å². The minimum atomic E-state index is -0.343. The van der Waals surface area contributed by atoms with Crippen LogP contribution in [0, 0.1) is 5.92 Å². The fourth-order valence-corrected chi connectivity index (χ4v) is 1.51. The number of amides is 1. The molecule has 0 aliphatic rings. The van der Waals surface area contributed by atoms with E-state index in [9.17, 15) is 4.79 Å². The van der Waals surface area contributed by atoms with Crippen molar-refractivity contribution in [2.45, 2.75) is 32.9 Å². The second-order valence-electron chi connectivity index (χ2n) is 4.71. The highest BCUT2D eigenvalue weighted by Gasteiger charge is 2.22. The molecule has 6 heteroatoms. The van der Waals surface area contributed by atoms with Crippen LogP contribution in [0.4, 0.5) is 0 Å². The standard InChI is InChI=1S/C12H22N4O.ClH/c1-8(2)9(3)15-12(17)11(13-4)10-6-14-16(5)7-10;/h6-9,11,13H,1-5H3,(H,15,17);1H. The van der Waals surface area contributed by atoms with Crippen molar-refractivity contribution >= 4 is 18.3 Å². The van der Waals surface area contributed by atoms with Crippen LogP contribution in [0.5, 0.6) is 0 Å². The molecule has 0 bridgehead atoms. The zero-order valence-corrected chi connectivity index (χ0v) is 12.4. The SMILES string of the molecule is CNC(C(=O)NC(C)C(C)C)c1cnn(C)c1.Cl. The van der Waals surface area contributed by atoms with Crippen LogP contribution < -0.4 is 10.6 Å². The molecule has 18 heavy (non-hydrogen) atoms. The summed E-state index contributed by atoms with van der Waals surface area (Å²) in [6.07, 6.45) is 3.56. The highest BCUT2D eigenvalue weighted by molar-refractivity contribution is 5.85. The van der Waals surface area contributed by atoms with Crippen LogP contribution in [0.1, 0.15) is 32.4 Å². The fraction of sp³-hybridized carbons (Fsp3) is 0.667. The molecule has 2 atom stereocenters. The lowest BCUT2D eigenvalue weighted by Gasteiger charge is -2.21. The van der Waals surface area contributed by atoms with E-state index in [2.05, 4.69) is 29.6 Å². The molecule has 0 aromatic carbocycles. The molecule has 2 unspecified atom stereocenters. The second-order valence-corrected chi connectivity index (χ2v) is 4.71. The van der Waals surface area contributed by atoms with Crippen LogP contribution in [-0.4, -0.2) is 28.8 Å². The molecule has 1 heterocycles. The average molecular weight is 275 g/mol. The number of nitrogens with one attached hydrogen (secondary N) is 2. The normalized spacial score (nSPS) is 13.9. The smallest absolute Gasteiger partial charge is 0.242 e. The summed E-state index contributed by atoms with van der Waals surface area (Å²) in [4.78, 5) is 12.1. The Balaban J connectivity index is 0.00000289. The molecular weight excluding hydrogens is 252 g/mol. The molecule has 5 nitrogen and oxygen atoms in total. The summed E-state index contributed by atoms with van der Waals surface area (Å²) in [6.45, 7) is 6.19. The van der Waals surface area contributed by atoms with Crippen LogP contribution in [0.15, 0.2) is 12.4 Å². The number of aromatic nitrogens is 2. The Kier molecular flexibility index (Phi) is 6.94. The van der Waals surface area contributed by atoms with Crippen LogP contribution in [-0.2, 0) is 11.8 Å². The lowest BCUT2D eigenvalue weighted by Crippen LogP contribution is -2.42. The number of aryl methyl sites for hydroxylation is 1. The van der Waals surface area contributed by atoms with Gasteiger partial charge >= 0.3 is 0 Å². The van der Waals surface area contributed by atoms with Gasteiger partial charge in [0.05, 0.1) is 6.20 Å². The topological polar surface area (TPSA) is 59.0 Å². The van der Waals surface area contributed by atoms with E-state index in [0.717, 1.165) is 5.56 Å². The van der Waals surface area contributed by atoms with Crippen LogP contribution in [0.25, 0.3) is 0 Å². The third-order valence-electron chi connectivity index (χ3n) is 2.98. The number of hydrogen-bond acceptors (Lipinski definition) is 3. The van der Waals surface area contributed by atoms with Crippen molar-refractivity contribution < 1.29 is 4.79 Å². The monoisotopic (exact) mass is 274 g/mol. The number of nitrogens with zero attached hydrogens (tertiary/aromatic N) is 2. The van der Waals surface area contributed by atoms with Gasteiger partial charge in [0.2, 0.25) is 5.91 Å². The molecule has 0 saturated heterocycles. The highest BCUT2D eigenvalue weighted by atomic mass is 35.5. The number of halogens is 1. The Bertz CT molecular complexity index is 378. The molecule has 0 spiro atoms. The van der Waals surface area contributed by atoms with E-state index in [1.807, 2.05) is 20.2 Å². The van der Waals surface area contributed by atoms with E-state index in [0.29, 0.717) is 5.92 Å². The summed E-state index contributed by atoms with van der Waals surface area (Å²) < 4.78 is 1.69. The summed E-state index contributed by atoms with van der Waals surface area (Å²) in [5, 5.41) is 10.1. The first-order chi connectivity index (χ1) is 7.95. The van der Waals surface area contributed by atoms with E-state index in [4.69, 9.17) is 0 Å². The first kappa shape index (κ1) is 16.9. The number of carbonyl (C=O) groups excluding carboxylic acids is 1. The summed E-state index contributed by atoms with van der Waals surface area (Å²) >= 11 is 0. The van der Waals surface area contributed by atoms with Gasteiger partial charge in [-0.05, 0) is 19.9 Å². The van der Waals surface area contributed by atoms with E-state index in [1.165, 1.54) is 0 Å². The fourth-order valence-electron chi connectivity index (χ4n) is 1.51. The van der Waals surface area contributed by atoms with Crippen LogP contribution in [0.2, 0.25) is 0 Å². The molecule has 0 radical (unpaired) electrons.